The van der Waals surface area contributed by atoms with Crippen molar-refractivity contribution in [3.63, 3.8) is 0 Å². The smallest absolute Gasteiger partial charge is 0.275 e. The molecule has 5 atom stereocenters. The van der Waals surface area contributed by atoms with Crippen LogP contribution in [-0.2, 0) is 13.1 Å². The number of hydrogen-bond acceptors (Lipinski definition) is 4. The van der Waals surface area contributed by atoms with E-state index in [4.69, 9.17) is 0 Å². The summed E-state index contributed by atoms with van der Waals surface area (Å²) in [6, 6.07) is 0.915. The van der Waals surface area contributed by atoms with Gasteiger partial charge in [0, 0.05) is 43.0 Å². The van der Waals surface area contributed by atoms with Crippen LogP contribution in [0, 0.1) is 35.2 Å². The lowest BCUT2D eigenvalue weighted by molar-refractivity contribution is 0.0391. The highest BCUT2D eigenvalue weighted by atomic mass is 19.1. The van der Waals surface area contributed by atoms with Gasteiger partial charge in [-0.25, -0.2) is 13.2 Å². The molecule has 3 heterocycles. The van der Waals surface area contributed by atoms with Crippen LogP contribution in [-0.4, -0.2) is 38.5 Å². The van der Waals surface area contributed by atoms with Gasteiger partial charge in [0.2, 0.25) is 5.43 Å². The number of piperidine rings is 1. The SMILES string of the molecule is C[C@H]1[C@H]2C[C@H](C)[C@@H]1N1C(=O)c3c(O)c(=O)c(C(=O)NCc4c(F)cc(F)cc4F)cn3C[C@@H]21. The van der Waals surface area contributed by atoms with Gasteiger partial charge in [0.25, 0.3) is 11.8 Å². The van der Waals surface area contributed by atoms with Gasteiger partial charge in [-0.2, -0.15) is 0 Å². The molecule has 1 saturated heterocycles. The number of aromatic nitrogens is 1. The predicted octanol–water partition coefficient (Wildman–Crippen LogP) is 2.40. The van der Waals surface area contributed by atoms with E-state index in [1.807, 2.05) is 0 Å². The third-order valence-corrected chi connectivity index (χ3v) is 7.47. The molecule has 0 radical (unpaired) electrons. The Morgan fingerprint density at radius 3 is 2.52 bits per heavy atom. The number of aromatic hydroxyl groups is 1. The van der Waals surface area contributed by atoms with Crippen LogP contribution < -0.4 is 10.7 Å². The highest BCUT2D eigenvalue weighted by Gasteiger charge is 2.58. The third-order valence-electron chi connectivity index (χ3n) is 7.47. The zero-order chi connectivity index (χ0) is 23.8. The molecule has 1 aromatic carbocycles. The van der Waals surface area contributed by atoms with Crippen molar-refractivity contribution in [2.45, 2.75) is 45.4 Å². The van der Waals surface area contributed by atoms with Gasteiger partial charge in [0.1, 0.15) is 23.0 Å². The van der Waals surface area contributed by atoms with Gasteiger partial charge in [-0.05, 0) is 24.2 Å². The van der Waals surface area contributed by atoms with Gasteiger partial charge in [0.05, 0.1) is 6.04 Å². The molecule has 1 saturated carbocycles. The summed E-state index contributed by atoms with van der Waals surface area (Å²) >= 11 is 0. The average molecular weight is 461 g/mol. The molecule has 1 aliphatic carbocycles. The summed E-state index contributed by atoms with van der Waals surface area (Å²) in [6.45, 7) is 3.89. The number of hydrogen-bond donors (Lipinski definition) is 2. The molecule has 5 rings (SSSR count). The van der Waals surface area contributed by atoms with E-state index >= 15 is 0 Å². The highest BCUT2D eigenvalue weighted by Crippen LogP contribution is 2.52. The number of fused-ring (bicyclic) bond motifs is 6. The Hall–Kier alpha value is -3.30. The fraction of sp³-hybridized carbons (Fsp3) is 0.435. The topological polar surface area (TPSA) is 91.6 Å². The number of rotatable bonds is 3. The molecule has 2 fully saturated rings. The normalized spacial score (nSPS) is 27.5. The Morgan fingerprint density at radius 1 is 1.18 bits per heavy atom. The van der Waals surface area contributed by atoms with E-state index in [-0.39, 0.29) is 23.7 Å². The minimum Gasteiger partial charge on any atom is -0.503 e. The van der Waals surface area contributed by atoms with Crippen LogP contribution in [0.25, 0.3) is 0 Å². The Balaban J connectivity index is 1.45. The first-order valence-electron chi connectivity index (χ1n) is 10.8. The van der Waals surface area contributed by atoms with Crippen LogP contribution in [0.4, 0.5) is 13.2 Å². The number of nitrogens with one attached hydrogen (secondary N) is 1. The van der Waals surface area contributed by atoms with Crippen molar-refractivity contribution >= 4 is 11.8 Å². The summed E-state index contributed by atoms with van der Waals surface area (Å²) in [5.74, 6) is -4.79. The van der Waals surface area contributed by atoms with E-state index in [2.05, 4.69) is 19.2 Å². The fourth-order valence-corrected chi connectivity index (χ4v) is 6.04. The molecule has 2 amide bonds. The van der Waals surface area contributed by atoms with Gasteiger partial charge >= 0.3 is 0 Å². The molecule has 2 aromatic rings. The molecule has 2 aliphatic heterocycles. The highest BCUT2D eigenvalue weighted by molar-refractivity contribution is 5.99. The summed E-state index contributed by atoms with van der Waals surface area (Å²) in [4.78, 5) is 40.4. The molecule has 10 heteroatoms. The minimum absolute atomic E-state index is 0.0410. The van der Waals surface area contributed by atoms with Crippen LogP contribution in [0.3, 0.4) is 0 Å². The predicted molar refractivity (Wildman–Crippen MR) is 110 cm³/mol. The number of benzene rings is 1. The molecule has 2 N–H and O–H groups in total. The monoisotopic (exact) mass is 461 g/mol. The zero-order valence-corrected chi connectivity index (χ0v) is 17.9. The summed E-state index contributed by atoms with van der Waals surface area (Å²) in [5.41, 5.74) is -2.22. The second-order valence-corrected chi connectivity index (χ2v) is 9.26. The Labute approximate surface area is 186 Å². The van der Waals surface area contributed by atoms with Crippen LogP contribution in [0.5, 0.6) is 5.75 Å². The van der Waals surface area contributed by atoms with E-state index in [1.54, 1.807) is 4.90 Å². The molecular formula is C23H22F3N3O4. The molecule has 0 unspecified atom stereocenters. The van der Waals surface area contributed by atoms with Crippen LogP contribution in [0.2, 0.25) is 0 Å². The van der Waals surface area contributed by atoms with Gasteiger partial charge < -0.3 is 19.9 Å². The summed E-state index contributed by atoms with van der Waals surface area (Å²) in [6.07, 6.45) is 2.18. The van der Waals surface area contributed by atoms with Crippen molar-refractivity contribution in [1.82, 2.24) is 14.8 Å². The lowest BCUT2D eigenvalue weighted by Crippen LogP contribution is -2.54. The first-order valence-corrected chi connectivity index (χ1v) is 10.8. The molecule has 2 bridgehead atoms. The number of carbonyl (C=O) groups excluding carboxylic acids is 2. The fourth-order valence-electron chi connectivity index (χ4n) is 6.04. The molecule has 0 spiro atoms. The first-order chi connectivity index (χ1) is 15.6. The van der Waals surface area contributed by atoms with Gasteiger partial charge in [-0.1, -0.05) is 13.8 Å². The quantitative estimate of drug-likeness (QED) is 0.735. The van der Waals surface area contributed by atoms with Crippen LogP contribution in [0.1, 0.15) is 46.7 Å². The summed E-state index contributed by atoms with van der Waals surface area (Å²) < 4.78 is 42.2. The van der Waals surface area contributed by atoms with Crippen LogP contribution >= 0.6 is 0 Å². The number of nitrogens with zero attached hydrogens (tertiary/aromatic N) is 2. The first kappa shape index (κ1) is 21.5. The second kappa shape index (κ2) is 7.36. The molecule has 174 valence electrons. The molecular weight excluding hydrogens is 439 g/mol. The Bertz CT molecular complexity index is 1240. The average Bonchev–Trinajstić information content (AvgIpc) is 3.17. The van der Waals surface area contributed by atoms with Crippen LogP contribution in [0.15, 0.2) is 23.1 Å². The Morgan fingerprint density at radius 2 is 1.85 bits per heavy atom. The maximum absolute atomic E-state index is 13.9. The second-order valence-electron chi connectivity index (χ2n) is 9.26. The standard InChI is InChI=1S/C23H22F3N3O4/c1-9-3-12-10(2)18(9)29-17(12)8-28-7-14(20(30)21(31)19(28)23(29)33)22(32)27-6-13-15(25)4-11(24)5-16(13)26/h4-5,7,9-10,12,17-18,31H,3,6,8H2,1-2H3,(H,27,32)/t9-,10-,12+,17-,18-/m0/s1. The van der Waals surface area contributed by atoms with Gasteiger partial charge in [-0.15, -0.1) is 0 Å². The number of pyridine rings is 1. The Kier molecular flexibility index (Phi) is 4.80. The molecule has 1 aromatic heterocycles. The molecule has 3 aliphatic rings. The van der Waals surface area contributed by atoms with Crippen molar-refractivity contribution in [2.24, 2.45) is 17.8 Å². The van der Waals surface area contributed by atoms with E-state index < -0.39 is 58.1 Å². The van der Waals surface area contributed by atoms with E-state index in [9.17, 15) is 32.7 Å². The number of halogens is 3. The minimum atomic E-state index is -1.18. The maximum atomic E-state index is 13.9. The zero-order valence-electron chi connectivity index (χ0n) is 17.9. The van der Waals surface area contributed by atoms with Gasteiger partial charge in [-0.3, -0.25) is 14.4 Å². The summed E-state index contributed by atoms with van der Waals surface area (Å²) in [5, 5.41) is 12.8. The van der Waals surface area contributed by atoms with Crippen molar-refractivity contribution in [1.29, 1.82) is 0 Å². The van der Waals surface area contributed by atoms with Gasteiger partial charge in [0.15, 0.2) is 11.4 Å². The lowest BCUT2D eigenvalue weighted by atomic mass is 9.90. The van der Waals surface area contributed by atoms with Crippen molar-refractivity contribution in [3.8, 4) is 5.75 Å². The van der Waals surface area contributed by atoms with E-state index in [0.29, 0.717) is 30.5 Å². The van der Waals surface area contributed by atoms with E-state index in [0.717, 1.165) is 6.42 Å². The van der Waals surface area contributed by atoms with Crippen molar-refractivity contribution in [3.05, 3.63) is 62.8 Å². The number of amides is 2. The van der Waals surface area contributed by atoms with Crippen molar-refractivity contribution in [2.75, 3.05) is 0 Å². The largest absolute Gasteiger partial charge is 0.503 e. The number of carbonyl (C=O) groups is 2. The van der Waals surface area contributed by atoms with Crippen molar-refractivity contribution < 1.29 is 27.9 Å². The maximum Gasteiger partial charge on any atom is 0.275 e. The molecule has 33 heavy (non-hydrogen) atoms. The molecule has 7 nitrogen and oxygen atoms in total. The third kappa shape index (κ3) is 3.07. The summed E-state index contributed by atoms with van der Waals surface area (Å²) in [7, 11) is 0. The lowest BCUT2D eigenvalue weighted by Gasteiger charge is -2.42. The van der Waals surface area contributed by atoms with E-state index in [1.165, 1.54) is 10.8 Å².